The van der Waals surface area contributed by atoms with E-state index in [1.54, 1.807) is 6.07 Å². The fourth-order valence-corrected chi connectivity index (χ4v) is 1.94. The Bertz CT molecular complexity index is 593. The van der Waals surface area contributed by atoms with Gasteiger partial charge in [-0.15, -0.1) is 0 Å². The van der Waals surface area contributed by atoms with E-state index >= 15 is 0 Å². The quantitative estimate of drug-likeness (QED) is 0.877. The van der Waals surface area contributed by atoms with Crippen molar-refractivity contribution in [2.75, 3.05) is 5.32 Å². The van der Waals surface area contributed by atoms with Crippen LogP contribution in [0.15, 0.2) is 48.5 Å². The number of nitrogens with one attached hydrogen (secondary N) is 1. The van der Waals surface area contributed by atoms with Crippen molar-refractivity contribution in [3.05, 3.63) is 65.5 Å². The Hall–Kier alpha value is -2.16. The molecule has 0 aliphatic heterocycles. The van der Waals surface area contributed by atoms with Gasteiger partial charge in [-0.2, -0.15) is 0 Å². The fraction of sp³-hybridized carbons (Fsp3) is 0.188. The van der Waals surface area contributed by atoms with Gasteiger partial charge in [0.25, 0.3) is 5.91 Å². The first-order valence-corrected chi connectivity index (χ1v) is 6.24. The summed E-state index contributed by atoms with van der Waals surface area (Å²) in [4.78, 5) is 12.1. The van der Waals surface area contributed by atoms with Crippen molar-refractivity contribution in [1.82, 2.24) is 0 Å². The summed E-state index contributed by atoms with van der Waals surface area (Å²) in [6.07, 6.45) is 0. The van der Waals surface area contributed by atoms with Crippen LogP contribution in [0, 0.1) is 5.82 Å². The molecule has 0 aliphatic rings. The summed E-state index contributed by atoms with van der Waals surface area (Å²) in [6, 6.07) is 13.3. The number of halogens is 1. The summed E-state index contributed by atoms with van der Waals surface area (Å²) in [7, 11) is 0. The van der Waals surface area contributed by atoms with Crippen LogP contribution in [0.3, 0.4) is 0 Å². The summed E-state index contributed by atoms with van der Waals surface area (Å²) in [5.74, 6) is -0.401. The third-order valence-corrected chi connectivity index (χ3v) is 2.92. The molecule has 3 heteroatoms. The maximum Gasteiger partial charge on any atom is 0.255 e. The van der Waals surface area contributed by atoms with Crippen LogP contribution < -0.4 is 5.32 Å². The lowest BCUT2D eigenvalue weighted by molar-refractivity contribution is 0.102. The molecule has 0 radical (unpaired) electrons. The van der Waals surface area contributed by atoms with E-state index in [0.29, 0.717) is 11.5 Å². The number of amides is 1. The molecular weight excluding hydrogens is 241 g/mol. The average molecular weight is 257 g/mol. The molecule has 0 aliphatic carbocycles. The molecule has 0 atom stereocenters. The standard InChI is InChI=1S/C16H16FNO/c1-11(2)14-8-3-4-9-15(14)18-16(19)12-6-5-7-13(17)10-12/h3-11H,1-2H3,(H,18,19). The Morgan fingerprint density at radius 2 is 1.84 bits per heavy atom. The van der Waals surface area contributed by atoms with Crippen molar-refractivity contribution in [2.24, 2.45) is 0 Å². The third kappa shape index (κ3) is 3.19. The molecule has 19 heavy (non-hydrogen) atoms. The first kappa shape index (κ1) is 13.3. The van der Waals surface area contributed by atoms with Gasteiger partial charge in [0.15, 0.2) is 0 Å². The number of para-hydroxylation sites is 1. The number of anilines is 1. The predicted molar refractivity (Wildman–Crippen MR) is 74.9 cm³/mol. The lowest BCUT2D eigenvalue weighted by Gasteiger charge is -2.13. The van der Waals surface area contributed by atoms with Gasteiger partial charge in [-0.1, -0.05) is 38.1 Å². The van der Waals surface area contributed by atoms with E-state index in [4.69, 9.17) is 0 Å². The second kappa shape index (κ2) is 5.65. The molecular formula is C16H16FNO. The average Bonchev–Trinajstić information content (AvgIpc) is 2.39. The molecule has 1 N–H and O–H groups in total. The third-order valence-electron chi connectivity index (χ3n) is 2.92. The summed E-state index contributed by atoms with van der Waals surface area (Å²) in [5.41, 5.74) is 2.15. The molecule has 0 saturated heterocycles. The number of hydrogen-bond acceptors (Lipinski definition) is 1. The maximum atomic E-state index is 13.1. The number of rotatable bonds is 3. The van der Waals surface area contributed by atoms with Gasteiger partial charge in [-0.3, -0.25) is 4.79 Å². The van der Waals surface area contributed by atoms with Crippen LogP contribution in [-0.4, -0.2) is 5.91 Å². The van der Waals surface area contributed by atoms with E-state index in [9.17, 15) is 9.18 Å². The zero-order valence-electron chi connectivity index (χ0n) is 11.0. The molecule has 2 rings (SSSR count). The van der Waals surface area contributed by atoms with Gasteiger partial charge in [0.2, 0.25) is 0 Å². The van der Waals surface area contributed by atoms with E-state index in [2.05, 4.69) is 19.2 Å². The minimum atomic E-state index is -0.412. The van der Waals surface area contributed by atoms with Crippen LogP contribution in [0.25, 0.3) is 0 Å². The molecule has 2 nitrogen and oxygen atoms in total. The monoisotopic (exact) mass is 257 g/mol. The first-order valence-electron chi connectivity index (χ1n) is 6.24. The predicted octanol–water partition coefficient (Wildman–Crippen LogP) is 4.20. The largest absolute Gasteiger partial charge is 0.322 e. The first-order chi connectivity index (χ1) is 9.08. The molecule has 0 aromatic heterocycles. The van der Waals surface area contributed by atoms with E-state index < -0.39 is 5.82 Å². The van der Waals surface area contributed by atoms with Crippen LogP contribution in [-0.2, 0) is 0 Å². The van der Waals surface area contributed by atoms with Crippen LogP contribution in [0.1, 0.15) is 35.7 Å². The molecule has 0 fully saturated rings. The zero-order valence-corrected chi connectivity index (χ0v) is 11.0. The van der Waals surface area contributed by atoms with Crippen LogP contribution in [0.4, 0.5) is 10.1 Å². The summed E-state index contributed by atoms with van der Waals surface area (Å²) in [6.45, 7) is 4.13. The lowest BCUT2D eigenvalue weighted by atomic mass is 10.0. The van der Waals surface area contributed by atoms with Gasteiger partial charge in [0.1, 0.15) is 5.82 Å². The highest BCUT2D eigenvalue weighted by atomic mass is 19.1. The second-order valence-electron chi connectivity index (χ2n) is 4.71. The highest BCUT2D eigenvalue weighted by Gasteiger charge is 2.11. The van der Waals surface area contributed by atoms with Gasteiger partial charge in [-0.05, 0) is 35.7 Å². The van der Waals surface area contributed by atoms with Crippen LogP contribution in [0.5, 0.6) is 0 Å². The fourth-order valence-electron chi connectivity index (χ4n) is 1.94. The lowest BCUT2D eigenvalue weighted by Crippen LogP contribution is -2.13. The minimum Gasteiger partial charge on any atom is -0.322 e. The molecule has 0 unspecified atom stereocenters. The van der Waals surface area contributed by atoms with Gasteiger partial charge >= 0.3 is 0 Å². The minimum absolute atomic E-state index is 0.299. The van der Waals surface area contributed by atoms with Crippen LogP contribution >= 0.6 is 0 Å². The molecule has 0 saturated carbocycles. The molecule has 0 heterocycles. The van der Waals surface area contributed by atoms with Crippen molar-refractivity contribution < 1.29 is 9.18 Å². The topological polar surface area (TPSA) is 29.1 Å². The normalized spacial score (nSPS) is 10.5. The Morgan fingerprint density at radius 3 is 2.53 bits per heavy atom. The van der Waals surface area contributed by atoms with Crippen LogP contribution in [0.2, 0.25) is 0 Å². The summed E-state index contributed by atoms with van der Waals surface area (Å²) < 4.78 is 13.1. The van der Waals surface area contributed by atoms with E-state index in [1.807, 2.05) is 24.3 Å². The van der Waals surface area contributed by atoms with Gasteiger partial charge in [0, 0.05) is 11.3 Å². The molecule has 1 amide bonds. The molecule has 98 valence electrons. The smallest absolute Gasteiger partial charge is 0.255 e. The highest BCUT2D eigenvalue weighted by Crippen LogP contribution is 2.24. The second-order valence-corrected chi connectivity index (χ2v) is 4.71. The maximum absolute atomic E-state index is 13.1. The highest BCUT2D eigenvalue weighted by molar-refractivity contribution is 6.04. The zero-order chi connectivity index (χ0) is 13.8. The van der Waals surface area contributed by atoms with Crippen molar-refractivity contribution in [3.8, 4) is 0 Å². The Morgan fingerprint density at radius 1 is 1.11 bits per heavy atom. The van der Waals surface area contributed by atoms with Crippen molar-refractivity contribution in [1.29, 1.82) is 0 Å². The van der Waals surface area contributed by atoms with Gasteiger partial charge in [0.05, 0.1) is 0 Å². The Balaban J connectivity index is 2.24. The molecule has 0 bridgehead atoms. The molecule has 0 spiro atoms. The number of hydrogen-bond donors (Lipinski definition) is 1. The summed E-state index contributed by atoms with van der Waals surface area (Å²) >= 11 is 0. The van der Waals surface area contributed by atoms with Crippen molar-refractivity contribution >= 4 is 11.6 Å². The van der Waals surface area contributed by atoms with Gasteiger partial charge < -0.3 is 5.32 Å². The number of carbonyl (C=O) groups excluding carboxylic acids is 1. The SMILES string of the molecule is CC(C)c1ccccc1NC(=O)c1cccc(F)c1. The summed E-state index contributed by atoms with van der Waals surface area (Å²) in [5, 5.41) is 2.83. The van der Waals surface area contributed by atoms with E-state index in [0.717, 1.165) is 11.3 Å². The van der Waals surface area contributed by atoms with Gasteiger partial charge in [-0.25, -0.2) is 4.39 Å². The number of benzene rings is 2. The van der Waals surface area contributed by atoms with E-state index in [1.165, 1.54) is 18.2 Å². The Kier molecular flexibility index (Phi) is 3.95. The van der Waals surface area contributed by atoms with Crippen molar-refractivity contribution in [2.45, 2.75) is 19.8 Å². The molecule has 2 aromatic carbocycles. The van der Waals surface area contributed by atoms with E-state index in [-0.39, 0.29) is 5.91 Å². The number of carbonyl (C=O) groups is 1. The van der Waals surface area contributed by atoms with Crippen molar-refractivity contribution in [3.63, 3.8) is 0 Å². The Labute approximate surface area is 112 Å². The molecule has 2 aromatic rings.